The van der Waals surface area contributed by atoms with Crippen molar-refractivity contribution in [3.05, 3.63) is 47.5 Å². The molecule has 0 aliphatic carbocycles. The molecule has 0 bridgehead atoms. The van der Waals surface area contributed by atoms with E-state index in [1.807, 2.05) is 0 Å². The summed E-state index contributed by atoms with van der Waals surface area (Å²) in [5.74, 6) is -3.21. The van der Waals surface area contributed by atoms with Gasteiger partial charge >= 0.3 is 12.3 Å². The van der Waals surface area contributed by atoms with Crippen molar-refractivity contribution < 1.29 is 35.9 Å². The molecule has 0 spiro atoms. The average Bonchev–Trinajstić information content (AvgIpc) is 3.34. The summed E-state index contributed by atoms with van der Waals surface area (Å²) in [6.45, 7) is 4.96. The number of carbonyl (C=O) groups excluding carboxylic acids is 1. The Morgan fingerprint density at radius 3 is 2.50 bits per heavy atom. The van der Waals surface area contributed by atoms with Crippen LogP contribution in [0.5, 0.6) is 0 Å². The van der Waals surface area contributed by atoms with Gasteiger partial charge in [0.15, 0.2) is 11.6 Å². The van der Waals surface area contributed by atoms with Gasteiger partial charge in [0, 0.05) is 30.9 Å². The van der Waals surface area contributed by atoms with E-state index in [1.165, 1.54) is 17.4 Å². The van der Waals surface area contributed by atoms with Crippen LogP contribution in [0.1, 0.15) is 39.2 Å². The predicted molar refractivity (Wildman–Crippen MR) is 116 cm³/mol. The molecule has 36 heavy (non-hydrogen) atoms. The monoisotopic (exact) mass is 520 g/mol. The van der Waals surface area contributed by atoms with Gasteiger partial charge < -0.3 is 20.0 Å². The molecule has 8 nitrogen and oxygen atoms in total. The van der Waals surface area contributed by atoms with Crippen molar-refractivity contribution >= 4 is 11.9 Å². The third kappa shape index (κ3) is 5.63. The standard InChI is InChI=1S/C22H26F6N6O2/c1-21(2,3)36-20(35)29-12(6-11-7-14(24)15(25)9-13(11)23)8-18-30-31-19-16-10-17(22(26,27)28)32-34(16)5-4-33(18)19/h4-5,7,9,12,16-17,19,31-32H,6,8,10H2,1-3H3,(H,29,35)/t12-,16?,17?,19?/m1/s1. The molecule has 0 radical (unpaired) electrons. The van der Waals surface area contributed by atoms with Crippen molar-refractivity contribution in [1.82, 2.24) is 26.1 Å². The molecular weight excluding hydrogens is 494 g/mol. The molecule has 1 saturated heterocycles. The number of amides is 1. The van der Waals surface area contributed by atoms with Crippen molar-refractivity contribution in [3.8, 4) is 0 Å². The normalized spacial score (nSPS) is 24.1. The second-order valence-electron chi connectivity index (χ2n) is 9.85. The fraction of sp³-hybridized carbons (Fsp3) is 0.545. The van der Waals surface area contributed by atoms with Crippen LogP contribution in [0.4, 0.5) is 31.1 Å². The molecule has 3 N–H and O–H groups in total. The Morgan fingerprint density at radius 1 is 1.14 bits per heavy atom. The SMILES string of the molecule is CC(C)(C)OC(=O)N[C@@H](CC1=NNC2C3CC(C(F)(F)F)NN3C=CN12)Cc1cc(F)c(F)cc1F. The molecule has 1 amide bonds. The zero-order valence-corrected chi connectivity index (χ0v) is 19.7. The fourth-order valence-corrected chi connectivity index (χ4v) is 4.35. The highest BCUT2D eigenvalue weighted by Gasteiger charge is 2.52. The molecule has 1 aromatic carbocycles. The van der Waals surface area contributed by atoms with E-state index in [9.17, 15) is 31.1 Å². The van der Waals surface area contributed by atoms with Crippen molar-refractivity contribution in [2.45, 2.75) is 76.1 Å². The highest BCUT2D eigenvalue weighted by molar-refractivity contribution is 5.86. The second-order valence-corrected chi connectivity index (χ2v) is 9.85. The van der Waals surface area contributed by atoms with E-state index < -0.39 is 59.6 Å². The Kier molecular flexibility index (Phi) is 6.75. The molecule has 0 saturated carbocycles. The minimum atomic E-state index is -4.42. The molecule has 4 rings (SSSR count). The second kappa shape index (κ2) is 9.37. The first-order chi connectivity index (χ1) is 16.7. The van der Waals surface area contributed by atoms with E-state index in [1.54, 1.807) is 25.7 Å². The number of hydrazone groups is 1. The molecule has 3 aliphatic rings. The third-order valence-electron chi connectivity index (χ3n) is 5.92. The number of alkyl carbamates (subject to hydrolysis) is 1. The summed E-state index contributed by atoms with van der Waals surface area (Å²) >= 11 is 0. The number of rotatable bonds is 5. The number of benzene rings is 1. The van der Waals surface area contributed by atoms with Gasteiger partial charge in [0.2, 0.25) is 0 Å². The maximum absolute atomic E-state index is 14.3. The maximum Gasteiger partial charge on any atom is 0.407 e. The smallest absolute Gasteiger partial charge is 0.407 e. The van der Waals surface area contributed by atoms with E-state index in [-0.39, 0.29) is 24.8 Å². The number of fused-ring (bicyclic) bond motifs is 3. The van der Waals surface area contributed by atoms with Crippen LogP contribution in [0.25, 0.3) is 0 Å². The molecule has 3 heterocycles. The van der Waals surface area contributed by atoms with Crippen LogP contribution < -0.4 is 16.2 Å². The van der Waals surface area contributed by atoms with Gasteiger partial charge in [-0.1, -0.05) is 0 Å². The average molecular weight is 520 g/mol. The summed E-state index contributed by atoms with van der Waals surface area (Å²) in [5.41, 5.74) is 4.24. The largest absolute Gasteiger partial charge is 0.444 e. The van der Waals surface area contributed by atoms with Gasteiger partial charge in [0.25, 0.3) is 0 Å². The van der Waals surface area contributed by atoms with Gasteiger partial charge in [-0.2, -0.15) is 18.3 Å². The maximum atomic E-state index is 14.3. The lowest BCUT2D eigenvalue weighted by Crippen LogP contribution is -2.55. The van der Waals surface area contributed by atoms with E-state index in [2.05, 4.69) is 21.3 Å². The van der Waals surface area contributed by atoms with Gasteiger partial charge in [0.05, 0.1) is 6.04 Å². The molecule has 198 valence electrons. The number of nitrogens with one attached hydrogen (secondary N) is 3. The predicted octanol–water partition coefficient (Wildman–Crippen LogP) is 3.47. The summed E-state index contributed by atoms with van der Waals surface area (Å²) in [5, 5.41) is 8.21. The Morgan fingerprint density at radius 2 is 1.83 bits per heavy atom. The summed E-state index contributed by atoms with van der Waals surface area (Å²) in [6, 6.07) is -2.04. The number of amidine groups is 1. The van der Waals surface area contributed by atoms with Gasteiger partial charge in [-0.05, 0) is 45.2 Å². The molecule has 14 heteroatoms. The van der Waals surface area contributed by atoms with Gasteiger partial charge in [-0.3, -0.25) is 5.43 Å². The van der Waals surface area contributed by atoms with Crippen LogP contribution in [0, 0.1) is 17.5 Å². The molecule has 0 aromatic heterocycles. The first-order valence-electron chi connectivity index (χ1n) is 11.2. The van der Waals surface area contributed by atoms with E-state index >= 15 is 0 Å². The molecular formula is C22H26F6N6O2. The Labute approximate surface area is 203 Å². The van der Waals surface area contributed by atoms with Gasteiger partial charge in [-0.15, -0.1) is 0 Å². The number of hydrogen-bond acceptors (Lipinski definition) is 7. The zero-order valence-electron chi connectivity index (χ0n) is 19.7. The summed E-state index contributed by atoms with van der Waals surface area (Å²) in [7, 11) is 0. The van der Waals surface area contributed by atoms with Crippen molar-refractivity contribution in [1.29, 1.82) is 0 Å². The number of alkyl halides is 3. The van der Waals surface area contributed by atoms with Crippen molar-refractivity contribution in [3.63, 3.8) is 0 Å². The number of carbonyl (C=O) groups is 1. The molecule has 1 fully saturated rings. The minimum Gasteiger partial charge on any atom is -0.444 e. The highest BCUT2D eigenvalue weighted by atomic mass is 19.4. The summed E-state index contributed by atoms with van der Waals surface area (Å²) < 4.78 is 86.4. The number of hydrazine groups is 1. The highest BCUT2D eigenvalue weighted by Crippen LogP contribution is 2.34. The summed E-state index contributed by atoms with van der Waals surface area (Å²) in [6.07, 6.45) is -3.31. The van der Waals surface area contributed by atoms with Crippen LogP contribution in [-0.2, 0) is 11.2 Å². The molecule has 3 unspecified atom stereocenters. The quantitative estimate of drug-likeness (QED) is 0.408. The third-order valence-corrected chi connectivity index (χ3v) is 5.92. The van der Waals surface area contributed by atoms with Crippen LogP contribution >= 0.6 is 0 Å². The number of hydrogen-bond donors (Lipinski definition) is 3. The van der Waals surface area contributed by atoms with Crippen LogP contribution in [-0.4, -0.2) is 57.9 Å². The first kappa shape index (κ1) is 25.9. The Hall–Kier alpha value is -3.16. The van der Waals surface area contributed by atoms with Crippen molar-refractivity contribution in [2.75, 3.05) is 0 Å². The molecule has 1 aromatic rings. The molecule has 4 atom stereocenters. The van der Waals surface area contributed by atoms with E-state index in [0.717, 1.165) is 0 Å². The lowest BCUT2D eigenvalue weighted by Gasteiger charge is -2.37. The lowest BCUT2D eigenvalue weighted by atomic mass is 10.0. The number of nitrogens with zero attached hydrogens (tertiary/aromatic N) is 3. The number of ether oxygens (including phenoxy) is 1. The van der Waals surface area contributed by atoms with Crippen LogP contribution in [0.2, 0.25) is 0 Å². The topological polar surface area (TPSA) is 81.2 Å². The first-order valence-corrected chi connectivity index (χ1v) is 11.2. The zero-order chi connectivity index (χ0) is 26.4. The number of halogens is 6. The van der Waals surface area contributed by atoms with Gasteiger partial charge in [-0.25, -0.2) is 23.4 Å². The van der Waals surface area contributed by atoms with Crippen LogP contribution in [0.15, 0.2) is 29.6 Å². The minimum absolute atomic E-state index is 0.00559. The van der Waals surface area contributed by atoms with Gasteiger partial charge in [0.1, 0.15) is 29.5 Å². The fourth-order valence-electron chi connectivity index (χ4n) is 4.35. The molecule has 3 aliphatic heterocycles. The van der Waals surface area contributed by atoms with Crippen molar-refractivity contribution in [2.24, 2.45) is 5.10 Å². The Balaban J connectivity index is 1.51. The lowest BCUT2D eigenvalue weighted by molar-refractivity contribution is -0.155. The summed E-state index contributed by atoms with van der Waals surface area (Å²) in [4.78, 5) is 14.1. The Bertz CT molecular complexity index is 1070. The van der Waals surface area contributed by atoms with E-state index in [4.69, 9.17) is 4.74 Å². The van der Waals surface area contributed by atoms with E-state index in [0.29, 0.717) is 18.0 Å². The van der Waals surface area contributed by atoms with Crippen LogP contribution in [0.3, 0.4) is 0 Å².